The fraction of sp³-hybridized carbons (Fsp3) is 0.667. The molecule has 0 unspecified atom stereocenters. The van der Waals surface area contributed by atoms with E-state index in [1.54, 1.807) is 7.05 Å². The molecule has 0 amide bonds. The summed E-state index contributed by atoms with van der Waals surface area (Å²) in [6.45, 7) is 5.14. The molecule has 1 saturated carbocycles. The van der Waals surface area contributed by atoms with E-state index in [-0.39, 0.29) is 24.0 Å². The zero-order valence-electron chi connectivity index (χ0n) is 17.6. The first-order valence-electron chi connectivity index (χ1n) is 10.1. The van der Waals surface area contributed by atoms with Crippen molar-refractivity contribution in [1.82, 2.24) is 15.5 Å². The summed E-state index contributed by atoms with van der Waals surface area (Å²) >= 11 is 0. The highest BCUT2D eigenvalue weighted by Gasteiger charge is 2.20. The standard InChI is InChI=1S/C21H36N4O2.HI/c1-22-21(23-12-4-14-26-17-19-6-7-19)24-16-18-8-10-20(11-9-18)27-15-5-13-25(2)3;/h8-11,19H,4-7,12-17H2,1-3H3,(H2,22,23,24);1H. The lowest BCUT2D eigenvalue weighted by Gasteiger charge is -2.13. The molecule has 0 aromatic heterocycles. The number of hydrogen-bond donors (Lipinski definition) is 2. The second-order valence-electron chi connectivity index (χ2n) is 7.37. The summed E-state index contributed by atoms with van der Waals surface area (Å²) in [4.78, 5) is 6.43. The number of benzene rings is 1. The van der Waals surface area contributed by atoms with Gasteiger partial charge in [-0.15, -0.1) is 24.0 Å². The molecule has 1 aromatic rings. The number of ether oxygens (including phenoxy) is 2. The molecule has 1 aromatic carbocycles. The van der Waals surface area contributed by atoms with Gasteiger partial charge in [0, 0.05) is 39.9 Å². The van der Waals surface area contributed by atoms with Gasteiger partial charge in [0.25, 0.3) is 0 Å². The third-order valence-electron chi connectivity index (χ3n) is 4.43. The van der Waals surface area contributed by atoms with Gasteiger partial charge >= 0.3 is 0 Å². The van der Waals surface area contributed by atoms with Crippen LogP contribution in [0, 0.1) is 5.92 Å². The van der Waals surface area contributed by atoms with Crippen molar-refractivity contribution in [3.05, 3.63) is 29.8 Å². The predicted molar refractivity (Wildman–Crippen MR) is 127 cm³/mol. The van der Waals surface area contributed by atoms with Gasteiger partial charge in [0.1, 0.15) is 5.75 Å². The first-order valence-corrected chi connectivity index (χ1v) is 10.1. The second-order valence-corrected chi connectivity index (χ2v) is 7.37. The Morgan fingerprint density at radius 2 is 1.86 bits per heavy atom. The van der Waals surface area contributed by atoms with Crippen LogP contribution in [0.15, 0.2) is 29.3 Å². The molecule has 1 aliphatic rings. The summed E-state index contributed by atoms with van der Waals surface area (Å²) in [6.07, 6.45) is 4.72. The zero-order valence-corrected chi connectivity index (χ0v) is 19.9. The molecule has 0 heterocycles. The minimum absolute atomic E-state index is 0. The molecule has 1 aliphatic carbocycles. The minimum Gasteiger partial charge on any atom is -0.494 e. The normalized spacial score (nSPS) is 13.9. The maximum absolute atomic E-state index is 5.77. The van der Waals surface area contributed by atoms with Crippen molar-refractivity contribution < 1.29 is 9.47 Å². The number of aliphatic imine (C=N–C) groups is 1. The molecule has 7 heteroatoms. The van der Waals surface area contributed by atoms with E-state index in [4.69, 9.17) is 9.47 Å². The van der Waals surface area contributed by atoms with Gasteiger partial charge in [-0.2, -0.15) is 0 Å². The number of halogens is 1. The predicted octanol–water partition coefficient (Wildman–Crippen LogP) is 3.12. The van der Waals surface area contributed by atoms with Crippen LogP contribution in [-0.2, 0) is 11.3 Å². The van der Waals surface area contributed by atoms with Gasteiger partial charge in [-0.3, -0.25) is 4.99 Å². The Kier molecular flexibility index (Phi) is 13.3. The van der Waals surface area contributed by atoms with Crippen molar-refractivity contribution in [3.8, 4) is 5.75 Å². The maximum atomic E-state index is 5.77. The average Bonchev–Trinajstić information content (AvgIpc) is 3.49. The lowest BCUT2D eigenvalue weighted by atomic mass is 10.2. The highest BCUT2D eigenvalue weighted by Crippen LogP contribution is 2.28. The van der Waals surface area contributed by atoms with Crippen LogP contribution in [0.1, 0.15) is 31.2 Å². The minimum atomic E-state index is 0. The van der Waals surface area contributed by atoms with Crippen LogP contribution in [-0.4, -0.2) is 64.9 Å². The Morgan fingerprint density at radius 1 is 1.11 bits per heavy atom. The van der Waals surface area contributed by atoms with Crippen molar-refractivity contribution in [1.29, 1.82) is 0 Å². The third kappa shape index (κ3) is 11.7. The van der Waals surface area contributed by atoms with E-state index in [0.717, 1.165) is 69.9 Å². The molecule has 0 spiro atoms. The fourth-order valence-corrected chi connectivity index (χ4v) is 2.60. The molecule has 2 rings (SSSR count). The zero-order chi connectivity index (χ0) is 19.3. The monoisotopic (exact) mass is 504 g/mol. The van der Waals surface area contributed by atoms with Crippen LogP contribution in [0.25, 0.3) is 0 Å². The fourth-order valence-electron chi connectivity index (χ4n) is 2.60. The van der Waals surface area contributed by atoms with Crippen LogP contribution in [0.4, 0.5) is 0 Å². The molecule has 160 valence electrons. The molecule has 6 nitrogen and oxygen atoms in total. The smallest absolute Gasteiger partial charge is 0.191 e. The van der Waals surface area contributed by atoms with Gasteiger partial charge < -0.3 is 25.0 Å². The van der Waals surface area contributed by atoms with Crippen molar-refractivity contribution in [2.45, 2.75) is 32.2 Å². The molecule has 1 fully saturated rings. The molecule has 2 N–H and O–H groups in total. The molecule has 0 bridgehead atoms. The SMILES string of the molecule is CN=C(NCCCOCC1CC1)NCc1ccc(OCCCN(C)C)cc1.I. The van der Waals surface area contributed by atoms with Gasteiger partial charge in [0.2, 0.25) is 0 Å². The maximum Gasteiger partial charge on any atom is 0.191 e. The van der Waals surface area contributed by atoms with E-state index < -0.39 is 0 Å². The van der Waals surface area contributed by atoms with Gasteiger partial charge in [0.15, 0.2) is 5.96 Å². The van der Waals surface area contributed by atoms with E-state index in [9.17, 15) is 0 Å². The quantitative estimate of drug-likeness (QED) is 0.187. The largest absolute Gasteiger partial charge is 0.494 e. The Hall–Kier alpha value is -1.06. The Balaban J connectivity index is 0.00000392. The molecule has 28 heavy (non-hydrogen) atoms. The average molecular weight is 504 g/mol. The van der Waals surface area contributed by atoms with Gasteiger partial charge in [-0.05, 0) is 63.4 Å². The van der Waals surface area contributed by atoms with Gasteiger partial charge in [-0.25, -0.2) is 0 Å². The van der Waals surface area contributed by atoms with E-state index in [2.05, 4.69) is 46.8 Å². The van der Waals surface area contributed by atoms with Crippen molar-refractivity contribution in [3.63, 3.8) is 0 Å². The summed E-state index contributed by atoms with van der Waals surface area (Å²) in [5.74, 6) is 2.58. The van der Waals surface area contributed by atoms with E-state index in [1.165, 1.54) is 18.4 Å². The first-order chi connectivity index (χ1) is 13.2. The Bertz CT molecular complexity index is 548. The molecular weight excluding hydrogens is 467 g/mol. The van der Waals surface area contributed by atoms with Crippen LogP contribution >= 0.6 is 24.0 Å². The summed E-state index contributed by atoms with van der Waals surface area (Å²) in [7, 11) is 5.95. The van der Waals surface area contributed by atoms with E-state index in [1.807, 2.05) is 12.1 Å². The third-order valence-corrected chi connectivity index (χ3v) is 4.43. The molecule has 0 saturated heterocycles. The van der Waals surface area contributed by atoms with Crippen LogP contribution in [0.2, 0.25) is 0 Å². The van der Waals surface area contributed by atoms with Crippen molar-refractivity contribution in [2.75, 3.05) is 54.1 Å². The van der Waals surface area contributed by atoms with Crippen LogP contribution in [0.5, 0.6) is 5.75 Å². The number of nitrogens with one attached hydrogen (secondary N) is 2. The molecule has 0 aliphatic heterocycles. The lowest BCUT2D eigenvalue weighted by molar-refractivity contribution is 0.123. The first kappa shape index (κ1) is 25.0. The lowest BCUT2D eigenvalue weighted by Crippen LogP contribution is -2.37. The summed E-state index contributed by atoms with van der Waals surface area (Å²) < 4.78 is 11.4. The summed E-state index contributed by atoms with van der Waals surface area (Å²) in [5, 5.41) is 6.67. The summed E-state index contributed by atoms with van der Waals surface area (Å²) in [5.41, 5.74) is 1.20. The number of nitrogens with zero attached hydrogens (tertiary/aromatic N) is 2. The number of guanidine groups is 1. The Morgan fingerprint density at radius 3 is 2.50 bits per heavy atom. The van der Waals surface area contributed by atoms with Crippen molar-refractivity contribution in [2.24, 2.45) is 10.9 Å². The van der Waals surface area contributed by atoms with Crippen molar-refractivity contribution >= 4 is 29.9 Å². The second kappa shape index (κ2) is 14.9. The Labute approximate surface area is 187 Å². The van der Waals surface area contributed by atoms with Gasteiger partial charge in [-0.1, -0.05) is 12.1 Å². The van der Waals surface area contributed by atoms with Gasteiger partial charge in [0.05, 0.1) is 6.61 Å². The topological polar surface area (TPSA) is 58.1 Å². The molecule has 0 radical (unpaired) electrons. The molecule has 0 atom stereocenters. The van der Waals surface area contributed by atoms with E-state index in [0.29, 0.717) is 0 Å². The van der Waals surface area contributed by atoms with Crippen LogP contribution < -0.4 is 15.4 Å². The molecular formula is C21H37IN4O2. The number of rotatable bonds is 13. The number of hydrogen-bond acceptors (Lipinski definition) is 4. The summed E-state index contributed by atoms with van der Waals surface area (Å²) in [6, 6.07) is 8.24. The highest BCUT2D eigenvalue weighted by molar-refractivity contribution is 14.0. The highest BCUT2D eigenvalue weighted by atomic mass is 127. The van der Waals surface area contributed by atoms with Crippen LogP contribution in [0.3, 0.4) is 0 Å². The van der Waals surface area contributed by atoms with E-state index >= 15 is 0 Å².